The summed E-state index contributed by atoms with van der Waals surface area (Å²) < 4.78 is 0. The molecule has 3 rings (SSSR count). The van der Waals surface area contributed by atoms with E-state index in [-0.39, 0.29) is 16.3 Å². The smallest absolute Gasteiger partial charge is 0.325 e. The molecule has 29 heavy (non-hydrogen) atoms. The Kier molecular flexibility index (Phi) is 5.80. The molecule has 10 heteroatoms. The lowest BCUT2D eigenvalue weighted by molar-refractivity contribution is -0.384. The number of nitrogens with one attached hydrogen (secondary N) is 2. The molecule has 146 valence electrons. The van der Waals surface area contributed by atoms with Gasteiger partial charge in [0.25, 0.3) is 5.69 Å². The average Bonchev–Trinajstić information content (AvgIpc) is 3.05. The van der Waals surface area contributed by atoms with Gasteiger partial charge in [0.15, 0.2) is 0 Å². The molecule has 0 fully saturated rings. The van der Waals surface area contributed by atoms with Crippen molar-refractivity contribution in [1.82, 2.24) is 5.32 Å². The van der Waals surface area contributed by atoms with E-state index in [9.17, 15) is 25.0 Å². The number of thioether (sulfide) groups is 1. The van der Waals surface area contributed by atoms with E-state index in [0.29, 0.717) is 11.3 Å². The van der Waals surface area contributed by atoms with Gasteiger partial charge in [-0.3, -0.25) is 20.2 Å². The van der Waals surface area contributed by atoms with E-state index in [1.54, 1.807) is 36.4 Å². The van der Waals surface area contributed by atoms with Crippen LogP contribution in [0.5, 0.6) is 0 Å². The topological polar surface area (TPSA) is 151 Å². The number of hydrogen-bond donors (Lipinski definition) is 3. The summed E-state index contributed by atoms with van der Waals surface area (Å²) in [4.78, 5) is 35.4. The fourth-order valence-corrected chi connectivity index (χ4v) is 4.11. The maximum absolute atomic E-state index is 12.7. The zero-order valence-corrected chi connectivity index (χ0v) is 15.7. The summed E-state index contributed by atoms with van der Waals surface area (Å²) >= 11 is 0.945. The Morgan fingerprint density at radius 2 is 1.90 bits per heavy atom. The van der Waals surface area contributed by atoms with Gasteiger partial charge >= 0.3 is 6.03 Å². The van der Waals surface area contributed by atoms with Gasteiger partial charge in [-0.1, -0.05) is 42.1 Å². The van der Waals surface area contributed by atoms with Crippen molar-refractivity contribution in [2.75, 3.05) is 5.32 Å². The van der Waals surface area contributed by atoms with E-state index in [4.69, 9.17) is 5.73 Å². The van der Waals surface area contributed by atoms with Crippen LogP contribution in [-0.4, -0.2) is 22.1 Å². The number of nitro groups is 1. The minimum absolute atomic E-state index is 0.138. The lowest BCUT2D eigenvalue weighted by Gasteiger charge is -2.19. The van der Waals surface area contributed by atoms with Crippen molar-refractivity contribution in [2.24, 2.45) is 5.73 Å². The quantitative estimate of drug-likeness (QED) is 0.519. The molecule has 0 aromatic heterocycles. The van der Waals surface area contributed by atoms with Crippen LogP contribution >= 0.6 is 11.8 Å². The summed E-state index contributed by atoms with van der Waals surface area (Å²) in [6.07, 6.45) is 0. The van der Waals surface area contributed by atoms with Crippen molar-refractivity contribution in [2.45, 2.75) is 11.2 Å². The number of hydrogen-bond acceptors (Lipinski definition) is 7. The third-order valence-electron chi connectivity index (χ3n) is 4.22. The number of para-hydroxylation sites is 1. The number of nitriles is 1. The van der Waals surface area contributed by atoms with E-state index in [1.807, 2.05) is 6.07 Å². The first kappa shape index (κ1) is 19.9. The van der Waals surface area contributed by atoms with Crippen LogP contribution in [0.25, 0.3) is 0 Å². The molecule has 0 aliphatic carbocycles. The first-order valence-corrected chi connectivity index (χ1v) is 9.26. The number of benzene rings is 2. The Labute approximate surface area is 169 Å². The molecule has 2 aromatic rings. The van der Waals surface area contributed by atoms with Crippen LogP contribution in [0.2, 0.25) is 0 Å². The number of rotatable bonds is 4. The molecule has 0 bridgehead atoms. The van der Waals surface area contributed by atoms with Crippen LogP contribution in [0.15, 0.2) is 65.2 Å². The number of anilines is 1. The number of urea groups is 1. The van der Waals surface area contributed by atoms with Gasteiger partial charge in [-0.2, -0.15) is 5.26 Å². The minimum Gasteiger partial charge on any atom is -0.393 e. The lowest BCUT2D eigenvalue weighted by Crippen LogP contribution is -2.41. The van der Waals surface area contributed by atoms with Crippen molar-refractivity contribution in [3.05, 3.63) is 80.9 Å². The van der Waals surface area contributed by atoms with Gasteiger partial charge in [-0.15, -0.1) is 0 Å². The van der Waals surface area contributed by atoms with Gasteiger partial charge in [0.2, 0.25) is 5.91 Å². The van der Waals surface area contributed by atoms with Crippen molar-refractivity contribution < 1.29 is 14.5 Å². The molecule has 1 aliphatic heterocycles. The third-order valence-corrected chi connectivity index (χ3v) is 5.43. The molecule has 3 amide bonds. The van der Waals surface area contributed by atoms with E-state index >= 15 is 0 Å². The summed E-state index contributed by atoms with van der Waals surface area (Å²) in [5, 5.41) is 24.6. The molecule has 0 saturated carbocycles. The molecular formula is C19H15N5O4S. The van der Waals surface area contributed by atoms with Crippen LogP contribution in [-0.2, 0) is 4.79 Å². The number of nitro benzene ring substituents is 1. The molecule has 0 spiro atoms. The van der Waals surface area contributed by atoms with Crippen LogP contribution in [0.1, 0.15) is 11.5 Å². The highest BCUT2D eigenvalue weighted by Gasteiger charge is 2.41. The van der Waals surface area contributed by atoms with Crippen LogP contribution in [0.4, 0.5) is 16.2 Å². The highest BCUT2D eigenvalue weighted by atomic mass is 32.2. The largest absolute Gasteiger partial charge is 0.393 e. The fraction of sp³-hybridized carbons (Fsp3) is 0.105. The fourth-order valence-electron chi connectivity index (χ4n) is 2.94. The highest BCUT2D eigenvalue weighted by Crippen LogP contribution is 2.46. The Bertz CT molecular complexity index is 1050. The lowest BCUT2D eigenvalue weighted by atomic mass is 9.88. The van der Waals surface area contributed by atoms with E-state index in [1.165, 1.54) is 18.2 Å². The van der Waals surface area contributed by atoms with Crippen LogP contribution in [0, 0.1) is 21.4 Å². The van der Waals surface area contributed by atoms with E-state index in [2.05, 4.69) is 10.6 Å². The van der Waals surface area contributed by atoms with Crippen molar-refractivity contribution >= 4 is 35.1 Å². The number of allylic oxidation sites excluding steroid dienone is 1. The first-order valence-electron chi connectivity index (χ1n) is 8.38. The van der Waals surface area contributed by atoms with E-state index < -0.39 is 28.0 Å². The second-order valence-electron chi connectivity index (χ2n) is 6.07. The maximum atomic E-state index is 12.7. The summed E-state index contributed by atoms with van der Waals surface area (Å²) in [5.41, 5.74) is 6.77. The van der Waals surface area contributed by atoms with Gasteiger partial charge in [0.05, 0.1) is 21.6 Å². The molecule has 0 radical (unpaired) electrons. The van der Waals surface area contributed by atoms with Gasteiger partial charge < -0.3 is 11.1 Å². The Balaban J connectivity index is 1.83. The van der Waals surface area contributed by atoms with E-state index in [0.717, 1.165) is 11.8 Å². The Hall–Kier alpha value is -3.84. The van der Waals surface area contributed by atoms with Crippen molar-refractivity contribution in [3.8, 4) is 6.07 Å². The predicted octanol–water partition coefficient (Wildman–Crippen LogP) is 2.84. The summed E-state index contributed by atoms with van der Waals surface area (Å²) in [6, 6.07) is 15.5. The predicted molar refractivity (Wildman–Crippen MR) is 108 cm³/mol. The molecule has 2 unspecified atom stereocenters. The number of nitrogens with two attached hydrogens (primary N) is 1. The monoisotopic (exact) mass is 409 g/mol. The standard InChI is InChI=1S/C19H15N5O4S/c20-10-14-15(11-5-4-8-13(9-11)24(27)28)16(29-17(14)21)18(25)23-19(26)22-12-6-2-1-3-7-12/h1-9,15-16H,21H2,(H2,22,23,25,26). The van der Waals surface area contributed by atoms with Crippen LogP contribution < -0.4 is 16.4 Å². The third kappa shape index (κ3) is 4.36. The van der Waals surface area contributed by atoms with Gasteiger partial charge in [0.1, 0.15) is 5.25 Å². The minimum atomic E-state index is -0.923. The molecule has 9 nitrogen and oxygen atoms in total. The molecule has 1 aliphatic rings. The van der Waals surface area contributed by atoms with Crippen LogP contribution in [0.3, 0.4) is 0 Å². The van der Waals surface area contributed by atoms with Gasteiger partial charge in [-0.05, 0) is 17.7 Å². The highest BCUT2D eigenvalue weighted by molar-refractivity contribution is 8.04. The Morgan fingerprint density at radius 1 is 1.17 bits per heavy atom. The number of amides is 3. The number of carbonyl (C=O) groups is 2. The first-order chi connectivity index (χ1) is 13.9. The Morgan fingerprint density at radius 3 is 2.55 bits per heavy atom. The average molecular weight is 409 g/mol. The molecule has 1 heterocycles. The number of non-ortho nitro benzene ring substituents is 1. The number of nitrogens with zero attached hydrogens (tertiary/aromatic N) is 2. The zero-order chi connectivity index (χ0) is 21.0. The maximum Gasteiger partial charge on any atom is 0.325 e. The molecule has 0 saturated heterocycles. The molecule has 2 aromatic carbocycles. The van der Waals surface area contributed by atoms with Gasteiger partial charge in [-0.25, -0.2) is 4.79 Å². The zero-order valence-electron chi connectivity index (χ0n) is 14.9. The SMILES string of the molecule is N#CC1=C(N)SC(C(=O)NC(=O)Nc2ccccc2)C1c1cccc([N+](=O)[O-])c1. The number of carbonyl (C=O) groups excluding carboxylic acids is 2. The summed E-state index contributed by atoms with van der Waals surface area (Å²) in [5.74, 6) is -1.47. The van der Waals surface area contributed by atoms with Crippen molar-refractivity contribution in [1.29, 1.82) is 5.26 Å². The molecule has 2 atom stereocenters. The second-order valence-corrected chi connectivity index (χ2v) is 7.25. The van der Waals surface area contributed by atoms with Crippen molar-refractivity contribution in [3.63, 3.8) is 0 Å². The second kappa shape index (κ2) is 8.45. The summed E-state index contributed by atoms with van der Waals surface area (Å²) in [7, 11) is 0. The summed E-state index contributed by atoms with van der Waals surface area (Å²) in [6.45, 7) is 0. The normalized spacial score (nSPS) is 18.0. The molecular weight excluding hydrogens is 394 g/mol. The van der Waals surface area contributed by atoms with Gasteiger partial charge in [0, 0.05) is 23.7 Å². The molecule has 4 N–H and O–H groups in total. The number of imide groups is 1.